The highest BCUT2D eigenvalue weighted by molar-refractivity contribution is 5.97. The molecule has 0 aliphatic carbocycles. The number of hydrogen-bond donors (Lipinski definition) is 0. The minimum atomic E-state index is -0.347. The lowest BCUT2D eigenvalue weighted by Crippen LogP contribution is -2.58. The highest BCUT2D eigenvalue weighted by Crippen LogP contribution is 2.24. The molecule has 0 saturated carbocycles. The fourth-order valence-electron chi connectivity index (χ4n) is 1.20. The van der Waals surface area contributed by atoms with Gasteiger partial charge < -0.3 is 4.90 Å². The molecule has 1 heterocycles. The van der Waals surface area contributed by atoms with E-state index in [0.717, 1.165) is 4.90 Å². The Labute approximate surface area is 72.1 Å². The van der Waals surface area contributed by atoms with Crippen LogP contribution in [0, 0.1) is 0 Å². The number of imide groups is 1. The average molecular weight is 170 g/mol. The maximum absolute atomic E-state index is 11.4. The van der Waals surface area contributed by atoms with Crippen molar-refractivity contribution in [2.75, 3.05) is 14.1 Å². The van der Waals surface area contributed by atoms with Crippen molar-refractivity contribution >= 4 is 11.9 Å². The minimum absolute atomic E-state index is 0.108. The lowest BCUT2D eigenvalue weighted by Gasteiger charge is -2.42. The van der Waals surface area contributed by atoms with Crippen molar-refractivity contribution in [3.8, 4) is 0 Å². The van der Waals surface area contributed by atoms with E-state index in [1.54, 1.807) is 11.9 Å². The standard InChI is InChI=1S/C8H14N2O2/c1-8(2)5-6(11)9(3)7(12)10(8)4/h5H2,1-4H3. The molecular weight excluding hydrogens is 156 g/mol. The first-order chi connectivity index (χ1) is 5.36. The van der Waals surface area contributed by atoms with Gasteiger partial charge in [0.25, 0.3) is 0 Å². The van der Waals surface area contributed by atoms with Gasteiger partial charge >= 0.3 is 6.03 Å². The summed E-state index contributed by atoms with van der Waals surface area (Å²) in [5, 5.41) is 0. The second-order valence-corrected chi connectivity index (χ2v) is 3.78. The molecule has 1 aliphatic heterocycles. The van der Waals surface area contributed by atoms with Crippen LogP contribution in [0.3, 0.4) is 0 Å². The number of amides is 3. The van der Waals surface area contributed by atoms with Crippen LogP contribution in [0.1, 0.15) is 20.3 Å². The predicted octanol–water partition coefficient (Wildman–Crippen LogP) is 0.679. The first-order valence-corrected chi connectivity index (χ1v) is 3.90. The summed E-state index contributed by atoms with van der Waals surface area (Å²) in [4.78, 5) is 25.4. The number of nitrogens with zero attached hydrogens (tertiary/aromatic N) is 2. The SMILES string of the molecule is CN1C(=O)CC(C)(C)N(C)C1=O. The molecule has 0 spiro atoms. The van der Waals surface area contributed by atoms with E-state index in [2.05, 4.69) is 0 Å². The zero-order valence-corrected chi connectivity index (χ0v) is 7.92. The van der Waals surface area contributed by atoms with Gasteiger partial charge in [0, 0.05) is 19.6 Å². The van der Waals surface area contributed by atoms with E-state index in [4.69, 9.17) is 0 Å². The Morgan fingerprint density at radius 3 is 2.25 bits per heavy atom. The van der Waals surface area contributed by atoms with E-state index in [-0.39, 0.29) is 17.5 Å². The van der Waals surface area contributed by atoms with Crippen LogP contribution in [0.5, 0.6) is 0 Å². The van der Waals surface area contributed by atoms with Crippen molar-refractivity contribution in [2.45, 2.75) is 25.8 Å². The van der Waals surface area contributed by atoms with Crippen molar-refractivity contribution in [2.24, 2.45) is 0 Å². The molecule has 0 aromatic carbocycles. The molecule has 0 aromatic heterocycles. The molecule has 0 N–H and O–H groups in total. The van der Waals surface area contributed by atoms with Gasteiger partial charge in [-0.05, 0) is 13.8 Å². The minimum Gasteiger partial charge on any atom is -0.322 e. The Hall–Kier alpha value is -1.06. The topological polar surface area (TPSA) is 40.6 Å². The molecule has 1 fully saturated rings. The van der Waals surface area contributed by atoms with Gasteiger partial charge in [-0.3, -0.25) is 9.69 Å². The third-order valence-corrected chi connectivity index (χ3v) is 2.44. The zero-order chi connectivity index (χ0) is 9.52. The number of hydrogen-bond acceptors (Lipinski definition) is 2. The van der Waals surface area contributed by atoms with Crippen LogP contribution in [-0.4, -0.2) is 41.4 Å². The van der Waals surface area contributed by atoms with Gasteiger partial charge in [0.2, 0.25) is 5.91 Å². The highest BCUT2D eigenvalue weighted by atomic mass is 16.2. The maximum Gasteiger partial charge on any atom is 0.326 e. The van der Waals surface area contributed by atoms with E-state index in [1.807, 2.05) is 13.8 Å². The summed E-state index contributed by atoms with van der Waals surface area (Å²) in [6, 6.07) is -0.226. The maximum atomic E-state index is 11.4. The highest BCUT2D eigenvalue weighted by Gasteiger charge is 2.39. The molecule has 1 saturated heterocycles. The Morgan fingerprint density at radius 1 is 1.25 bits per heavy atom. The van der Waals surface area contributed by atoms with E-state index >= 15 is 0 Å². The first-order valence-electron chi connectivity index (χ1n) is 3.90. The van der Waals surface area contributed by atoms with Crippen LogP contribution < -0.4 is 0 Å². The Kier molecular flexibility index (Phi) is 1.86. The van der Waals surface area contributed by atoms with E-state index in [1.165, 1.54) is 7.05 Å². The van der Waals surface area contributed by atoms with Gasteiger partial charge in [-0.1, -0.05) is 0 Å². The van der Waals surface area contributed by atoms with Crippen molar-refractivity contribution < 1.29 is 9.59 Å². The lowest BCUT2D eigenvalue weighted by molar-refractivity contribution is -0.133. The molecule has 68 valence electrons. The first kappa shape index (κ1) is 9.03. The summed E-state index contributed by atoms with van der Waals surface area (Å²) in [5.74, 6) is -0.108. The molecule has 1 rings (SSSR count). The van der Waals surface area contributed by atoms with Crippen molar-refractivity contribution in [3.63, 3.8) is 0 Å². The summed E-state index contributed by atoms with van der Waals surface area (Å²) >= 11 is 0. The Bertz CT molecular complexity index is 235. The van der Waals surface area contributed by atoms with Crippen LogP contribution in [0.2, 0.25) is 0 Å². The van der Waals surface area contributed by atoms with Gasteiger partial charge in [0.1, 0.15) is 0 Å². The summed E-state index contributed by atoms with van der Waals surface area (Å²) in [6.07, 6.45) is 0.395. The smallest absolute Gasteiger partial charge is 0.322 e. The number of carbonyl (C=O) groups is 2. The average Bonchev–Trinajstić information content (AvgIpc) is 1.97. The quantitative estimate of drug-likeness (QED) is 0.536. The van der Waals surface area contributed by atoms with Crippen molar-refractivity contribution in [1.29, 1.82) is 0 Å². The van der Waals surface area contributed by atoms with Crippen LogP contribution in [-0.2, 0) is 4.79 Å². The van der Waals surface area contributed by atoms with Gasteiger partial charge in [0.15, 0.2) is 0 Å². The monoisotopic (exact) mass is 170 g/mol. The number of urea groups is 1. The predicted molar refractivity (Wildman–Crippen MR) is 44.6 cm³/mol. The van der Waals surface area contributed by atoms with Crippen LogP contribution in [0.4, 0.5) is 4.79 Å². The van der Waals surface area contributed by atoms with Crippen LogP contribution >= 0.6 is 0 Å². The van der Waals surface area contributed by atoms with Crippen LogP contribution in [0.25, 0.3) is 0 Å². The molecule has 0 unspecified atom stereocenters. The Balaban J connectivity index is 2.93. The van der Waals surface area contributed by atoms with Crippen LogP contribution in [0.15, 0.2) is 0 Å². The summed E-state index contributed by atoms with van der Waals surface area (Å²) in [7, 11) is 3.22. The molecular formula is C8H14N2O2. The molecule has 12 heavy (non-hydrogen) atoms. The fourth-order valence-corrected chi connectivity index (χ4v) is 1.20. The second kappa shape index (κ2) is 2.47. The molecule has 0 atom stereocenters. The largest absolute Gasteiger partial charge is 0.326 e. The molecule has 0 radical (unpaired) electrons. The normalized spacial score (nSPS) is 23.3. The third kappa shape index (κ3) is 1.17. The molecule has 0 aromatic rings. The second-order valence-electron chi connectivity index (χ2n) is 3.78. The third-order valence-electron chi connectivity index (χ3n) is 2.44. The summed E-state index contributed by atoms with van der Waals surface area (Å²) in [5.41, 5.74) is -0.347. The van der Waals surface area contributed by atoms with Gasteiger partial charge in [-0.15, -0.1) is 0 Å². The summed E-state index contributed by atoms with van der Waals surface area (Å²) in [6.45, 7) is 3.77. The molecule has 3 amide bonds. The molecule has 4 heteroatoms. The van der Waals surface area contributed by atoms with E-state index < -0.39 is 0 Å². The Morgan fingerprint density at radius 2 is 1.75 bits per heavy atom. The zero-order valence-electron chi connectivity index (χ0n) is 7.92. The van der Waals surface area contributed by atoms with Crippen molar-refractivity contribution in [3.05, 3.63) is 0 Å². The molecule has 1 aliphatic rings. The van der Waals surface area contributed by atoms with E-state index in [9.17, 15) is 9.59 Å². The van der Waals surface area contributed by atoms with Crippen molar-refractivity contribution in [1.82, 2.24) is 9.80 Å². The van der Waals surface area contributed by atoms with Gasteiger partial charge in [-0.25, -0.2) is 4.79 Å². The van der Waals surface area contributed by atoms with Gasteiger partial charge in [0.05, 0.1) is 6.42 Å². The van der Waals surface area contributed by atoms with Gasteiger partial charge in [-0.2, -0.15) is 0 Å². The molecule has 0 bridgehead atoms. The number of rotatable bonds is 0. The number of carbonyl (C=O) groups excluding carboxylic acids is 2. The lowest BCUT2D eigenvalue weighted by atomic mass is 9.96. The summed E-state index contributed by atoms with van der Waals surface area (Å²) < 4.78 is 0. The fraction of sp³-hybridized carbons (Fsp3) is 0.750. The molecule has 4 nitrogen and oxygen atoms in total. The van der Waals surface area contributed by atoms with E-state index in [0.29, 0.717) is 6.42 Å².